The highest BCUT2D eigenvalue weighted by molar-refractivity contribution is 7.07. The fourth-order valence-corrected chi connectivity index (χ4v) is 2.83. The summed E-state index contributed by atoms with van der Waals surface area (Å²) in [7, 11) is 0. The van der Waals surface area contributed by atoms with Crippen LogP contribution in [0.4, 0.5) is 0 Å². The largest absolute Gasteiger partial charge is 0.491 e. The van der Waals surface area contributed by atoms with E-state index in [0.717, 1.165) is 24.3 Å². The molecule has 0 bridgehead atoms. The van der Waals surface area contributed by atoms with E-state index in [1.165, 1.54) is 5.56 Å². The molecule has 2 rings (SSSR count). The first-order chi connectivity index (χ1) is 9.66. The Hall–Kier alpha value is -1.03. The van der Waals surface area contributed by atoms with Crippen LogP contribution in [0, 0.1) is 0 Å². The highest BCUT2D eigenvalue weighted by Gasteiger charge is 2.09. The highest BCUT2D eigenvalue weighted by atomic mass is 35.5. The zero-order chi connectivity index (χ0) is 14.4. The molecule has 1 heterocycles. The summed E-state index contributed by atoms with van der Waals surface area (Å²) >= 11 is 7.97. The van der Waals surface area contributed by atoms with Crippen LogP contribution in [-0.4, -0.2) is 12.6 Å². The molecule has 0 amide bonds. The molecule has 0 aliphatic carbocycles. The van der Waals surface area contributed by atoms with Crippen LogP contribution in [0.5, 0.6) is 5.75 Å². The van der Waals surface area contributed by atoms with E-state index in [1.54, 1.807) is 11.3 Å². The Balaban J connectivity index is 1.97. The Bertz CT molecular complexity index is 525. The molecule has 0 fully saturated rings. The van der Waals surface area contributed by atoms with Gasteiger partial charge in [-0.25, -0.2) is 0 Å². The smallest absolute Gasteiger partial charge is 0.142 e. The normalized spacial score (nSPS) is 11.0. The van der Waals surface area contributed by atoms with Crippen LogP contribution in [0.25, 0.3) is 0 Å². The van der Waals surface area contributed by atoms with Crippen molar-refractivity contribution in [2.24, 2.45) is 0 Å². The van der Waals surface area contributed by atoms with Gasteiger partial charge in [-0.2, -0.15) is 11.3 Å². The maximum Gasteiger partial charge on any atom is 0.142 e. The summed E-state index contributed by atoms with van der Waals surface area (Å²) in [6.07, 6.45) is 0.909. The molecule has 0 aliphatic rings. The molecule has 108 valence electrons. The van der Waals surface area contributed by atoms with Crippen molar-refractivity contribution in [3.05, 3.63) is 51.2 Å². The molecule has 1 aromatic heterocycles. The van der Waals surface area contributed by atoms with Gasteiger partial charge in [-0.3, -0.25) is 0 Å². The molecule has 0 aliphatic heterocycles. The molecule has 20 heavy (non-hydrogen) atoms. The molecule has 2 aromatic rings. The molecule has 0 unspecified atom stereocenters. The van der Waals surface area contributed by atoms with E-state index in [0.29, 0.717) is 17.7 Å². The van der Waals surface area contributed by atoms with Crippen LogP contribution in [0.15, 0.2) is 35.0 Å². The standard InChI is InChI=1S/C16H20ClNOS/c1-12(2)18-10-14-4-3-5-15(17)16(14)19-8-6-13-7-9-20-11-13/h3-5,7,9,11-12,18H,6,8,10H2,1-2H3. The molecule has 0 spiro atoms. The van der Waals surface area contributed by atoms with E-state index in [2.05, 4.69) is 42.1 Å². The fourth-order valence-electron chi connectivity index (χ4n) is 1.87. The van der Waals surface area contributed by atoms with Crippen LogP contribution in [0.2, 0.25) is 5.02 Å². The van der Waals surface area contributed by atoms with Gasteiger partial charge in [0.15, 0.2) is 0 Å². The van der Waals surface area contributed by atoms with E-state index in [9.17, 15) is 0 Å². The van der Waals surface area contributed by atoms with E-state index in [-0.39, 0.29) is 0 Å². The summed E-state index contributed by atoms with van der Waals surface area (Å²) in [6.45, 7) is 5.67. The van der Waals surface area contributed by atoms with Gasteiger partial charge in [0, 0.05) is 24.6 Å². The van der Waals surface area contributed by atoms with Crippen LogP contribution in [-0.2, 0) is 13.0 Å². The van der Waals surface area contributed by atoms with Crippen LogP contribution >= 0.6 is 22.9 Å². The molecular formula is C16H20ClNOS. The van der Waals surface area contributed by atoms with Crippen molar-refractivity contribution in [3.8, 4) is 5.75 Å². The van der Waals surface area contributed by atoms with Crippen LogP contribution < -0.4 is 10.1 Å². The second kappa shape index (κ2) is 7.67. The van der Waals surface area contributed by atoms with Crippen LogP contribution in [0.3, 0.4) is 0 Å². The van der Waals surface area contributed by atoms with Gasteiger partial charge >= 0.3 is 0 Å². The van der Waals surface area contributed by atoms with Crippen LogP contribution in [0.1, 0.15) is 25.0 Å². The summed E-state index contributed by atoms with van der Waals surface area (Å²) < 4.78 is 5.91. The van der Waals surface area contributed by atoms with Gasteiger partial charge in [0.2, 0.25) is 0 Å². The van der Waals surface area contributed by atoms with Crippen molar-refractivity contribution in [1.29, 1.82) is 0 Å². The number of hydrogen-bond acceptors (Lipinski definition) is 3. The van der Waals surface area contributed by atoms with Gasteiger partial charge in [-0.15, -0.1) is 0 Å². The number of ether oxygens (including phenoxy) is 1. The van der Waals surface area contributed by atoms with Crippen molar-refractivity contribution in [1.82, 2.24) is 5.32 Å². The third kappa shape index (κ3) is 4.51. The molecule has 2 nitrogen and oxygen atoms in total. The molecule has 0 atom stereocenters. The lowest BCUT2D eigenvalue weighted by Crippen LogP contribution is -2.22. The molecular weight excluding hydrogens is 290 g/mol. The number of rotatable bonds is 7. The molecule has 0 saturated carbocycles. The minimum Gasteiger partial charge on any atom is -0.491 e. The highest BCUT2D eigenvalue weighted by Crippen LogP contribution is 2.29. The number of hydrogen-bond donors (Lipinski definition) is 1. The van der Waals surface area contributed by atoms with Crippen molar-refractivity contribution < 1.29 is 4.74 Å². The van der Waals surface area contributed by atoms with E-state index in [4.69, 9.17) is 16.3 Å². The van der Waals surface area contributed by atoms with Crippen molar-refractivity contribution in [2.45, 2.75) is 32.9 Å². The minimum absolute atomic E-state index is 0.438. The third-order valence-electron chi connectivity index (χ3n) is 2.97. The summed E-state index contributed by atoms with van der Waals surface area (Å²) in [5.74, 6) is 0.803. The maximum absolute atomic E-state index is 6.25. The summed E-state index contributed by atoms with van der Waals surface area (Å²) in [4.78, 5) is 0. The van der Waals surface area contributed by atoms with Gasteiger partial charge < -0.3 is 10.1 Å². The first-order valence-electron chi connectivity index (χ1n) is 6.81. The summed E-state index contributed by atoms with van der Waals surface area (Å²) in [6, 6.07) is 8.46. The van der Waals surface area contributed by atoms with Crippen molar-refractivity contribution >= 4 is 22.9 Å². The Morgan fingerprint density at radius 1 is 1.30 bits per heavy atom. The molecule has 4 heteroatoms. The summed E-state index contributed by atoms with van der Waals surface area (Å²) in [5, 5.41) is 8.31. The van der Waals surface area contributed by atoms with Gasteiger partial charge in [-0.05, 0) is 28.5 Å². The molecule has 0 saturated heterocycles. The average molecular weight is 310 g/mol. The predicted octanol–water partition coefficient (Wildman–Crippen LogP) is 4.52. The second-order valence-corrected chi connectivity index (χ2v) is 6.18. The zero-order valence-electron chi connectivity index (χ0n) is 11.9. The molecule has 1 aromatic carbocycles. The average Bonchev–Trinajstić information content (AvgIpc) is 2.92. The molecule has 1 N–H and O–H groups in total. The topological polar surface area (TPSA) is 21.3 Å². The maximum atomic E-state index is 6.25. The Morgan fingerprint density at radius 3 is 2.85 bits per heavy atom. The Kier molecular flexibility index (Phi) is 5.89. The van der Waals surface area contributed by atoms with E-state index >= 15 is 0 Å². The predicted molar refractivity (Wildman–Crippen MR) is 86.9 cm³/mol. The number of para-hydroxylation sites is 1. The van der Waals surface area contributed by atoms with E-state index < -0.39 is 0 Å². The number of benzene rings is 1. The number of halogens is 1. The summed E-state index contributed by atoms with van der Waals surface area (Å²) in [5.41, 5.74) is 2.42. The minimum atomic E-state index is 0.438. The second-order valence-electron chi connectivity index (χ2n) is 4.99. The first-order valence-corrected chi connectivity index (χ1v) is 8.13. The van der Waals surface area contributed by atoms with E-state index in [1.807, 2.05) is 12.1 Å². The van der Waals surface area contributed by atoms with Crippen molar-refractivity contribution in [3.63, 3.8) is 0 Å². The third-order valence-corrected chi connectivity index (χ3v) is 4.00. The lowest BCUT2D eigenvalue weighted by atomic mass is 10.2. The quantitative estimate of drug-likeness (QED) is 0.812. The van der Waals surface area contributed by atoms with Crippen molar-refractivity contribution in [2.75, 3.05) is 6.61 Å². The number of thiophene rings is 1. The first kappa shape index (κ1) is 15.4. The van der Waals surface area contributed by atoms with Gasteiger partial charge in [0.05, 0.1) is 11.6 Å². The zero-order valence-corrected chi connectivity index (χ0v) is 13.4. The van der Waals surface area contributed by atoms with Gasteiger partial charge in [0.25, 0.3) is 0 Å². The number of nitrogens with one attached hydrogen (secondary N) is 1. The van der Waals surface area contributed by atoms with Gasteiger partial charge in [0.1, 0.15) is 5.75 Å². The monoisotopic (exact) mass is 309 g/mol. The lowest BCUT2D eigenvalue weighted by molar-refractivity contribution is 0.317. The Labute approximate surface area is 129 Å². The van der Waals surface area contributed by atoms with Gasteiger partial charge in [-0.1, -0.05) is 37.6 Å². The SMILES string of the molecule is CC(C)NCc1cccc(Cl)c1OCCc1ccsc1. The molecule has 0 radical (unpaired) electrons. The fraction of sp³-hybridized carbons (Fsp3) is 0.375. The lowest BCUT2D eigenvalue weighted by Gasteiger charge is -2.15. The Morgan fingerprint density at radius 2 is 2.15 bits per heavy atom.